The van der Waals surface area contributed by atoms with E-state index in [4.69, 9.17) is 9.47 Å². The molecule has 0 radical (unpaired) electrons. The number of hydrogen-bond donors (Lipinski definition) is 0. The van der Waals surface area contributed by atoms with Gasteiger partial charge in [-0.25, -0.2) is 0 Å². The standard InChI is InChI=1S/C16H24N2O3S/c1-17(2)8-5-9-18-15(19)11-22-16(18)12-6-7-13(20-3)14(10-12)21-4/h6-7,10,16H,5,8-9,11H2,1-4H3. The van der Waals surface area contributed by atoms with Crippen LogP contribution in [0.2, 0.25) is 0 Å². The Kier molecular flexibility index (Phi) is 5.97. The van der Waals surface area contributed by atoms with Gasteiger partial charge in [-0.05, 0) is 44.8 Å². The van der Waals surface area contributed by atoms with Crippen LogP contribution in [0.3, 0.4) is 0 Å². The Morgan fingerprint density at radius 3 is 2.64 bits per heavy atom. The average Bonchev–Trinajstić information content (AvgIpc) is 2.87. The summed E-state index contributed by atoms with van der Waals surface area (Å²) in [4.78, 5) is 16.3. The summed E-state index contributed by atoms with van der Waals surface area (Å²) in [6.45, 7) is 1.76. The Hall–Kier alpha value is -1.40. The molecule has 0 N–H and O–H groups in total. The highest BCUT2D eigenvalue weighted by Crippen LogP contribution is 2.41. The summed E-state index contributed by atoms with van der Waals surface area (Å²) in [6.07, 6.45) is 0.975. The van der Waals surface area contributed by atoms with Crippen LogP contribution in [0, 0.1) is 0 Å². The lowest BCUT2D eigenvalue weighted by atomic mass is 10.1. The van der Waals surface area contributed by atoms with Crippen LogP contribution in [-0.2, 0) is 4.79 Å². The first-order chi connectivity index (χ1) is 10.6. The van der Waals surface area contributed by atoms with E-state index in [1.54, 1.807) is 26.0 Å². The van der Waals surface area contributed by atoms with Crippen molar-refractivity contribution in [3.05, 3.63) is 23.8 Å². The van der Waals surface area contributed by atoms with E-state index >= 15 is 0 Å². The van der Waals surface area contributed by atoms with Gasteiger partial charge in [-0.15, -0.1) is 11.8 Å². The van der Waals surface area contributed by atoms with E-state index in [9.17, 15) is 4.79 Å². The van der Waals surface area contributed by atoms with Gasteiger partial charge in [0.15, 0.2) is 11.5 Å². The second-order valence-corrected chi connectivity index (χ2v) is 6.59. The maximum absolute atomic E-state index is 12.1. The van der Waals surface area contributed by atoms with Gasteiger partial charge in [0.1, 0.15) is 5.37 Å². The van der Waals surface area contributed by atoms with Crippen molar-refractivity contribution < 1.29 is 14.3 Å². The Morgan fingerprint density at radius 2 is 2.00 bits per heavy atom. The summed E-state index contributed by atoms with van der Waals surface area (Å²) in [5.41, 5.74) is 1.08. The molecule has 1 fully saturated rings. The van der Waals surface area contributed by atoms with Crippen molar-refractivity contribution in [2.45, 2.75) is 11.8 Å². The molecule has 0 aromatic heterocycles. The molecule has 1 aliphatic heterocycles. The molecular formula is C16H24N2O3S. The first-order valence-corrected chi connectivity index (χ1v) is 8.39. The summed E-state index contributed by atoms with van der Waals surface area (Å²) in [5.74, 6) is 2.16. The Balaban J connectivity index is 2.13. The maximum atomic E-state index is 12.1. The molecule has 1 aromatic rings. The van der Waals surface area contributed by atoms with Crippen molar-refractivity contribution in [2.24, 2.45) is 0 Å². The monoisotopic (exact) mass is 324 g/mol. The zero-order valence-corrected chi connectivity index (χ0v) is 14.5. The number of ether oxygens (including phenoxy) is 2. The highest BCUT2D eigenvalue weighted by molar-refractivity contribution is 8.00. The second-order valence-electron chi connectivity index (χ2n) is 5.52. The fourth-order valence-corrected chi connectivity index (χ4v) is 3.74. The van der Waals surface area contributed by atoms with Crippen LogP contribution in [0.15, 0.2) is 18.2 Å². The summed E-state index contributed by atoms with van der Waals surface area (Å²) < 4.78 is 10.6. The zero-order valence-electron chi connectivity index (χ0n) is 13.7. The van der Waals surface area contributed by atoms with E-state index in [1.165, 1.54) is 0 Å². The molecule has 0 saturated carbocycles. The highest BCUT2D eigenvalue weighted by Gasteiger charge is 2.32. The van der Waals surface area contributed by atoms with Crippen LogP contribution in [0.5, 0.6) is 11.5 Å². The molecular weight excluding hydrogens is 300 g/mol. The third kappa shape index (κ3) is 3.87. The van der Waals surface area contributed by atoms with Crippen molar-refractivity contribution in [3.8, 4) is 11.5 Å². The van der Waals surface area contributed by atoms with E-state index in [1.807, 2.05) is 37.2 Å². The van der Waals surface area contributed by atoms with Gasteiger partial charge in [0.2, 0.25) is 5.91 Å². The average molecular weight is 324 g/mol. The third-order valence-corrected chi connectivity index (χ3v) is 4.92. The Bertz CT molecular complexity index is 522. The molecule has 1 unspecified atom stereocenters. The van der Waals surface area contributed by atoms with Crippen molar-refractivity contribution in [1.82, 2.24) is 9.80 Å². The molecule has 0 aliphatic carbocycles. The minimum Gasteiger partial charge on any atom is -0.493 e. The van der Waals surface area contributed by atoms with Crippen molar-refractivity contribution >= 4 is 17.7 Å². The number of rotatable bonds is 7. The summed E-state index contributed by atoms with van der Waals surface area (Å²) in [7, 11) is 7.35. The van der Waals surface area contributed by atoms with Crippen molar-refractivity contribution in [2.75, 3.05) is 47.2 Å². The van der Waals surface area contributed by atoms with E-state index < -0.39 is 0 Å². The molecule has 1 aliphatic rings. The Morgan fingerprint density at radius 1 is 1.27 bits per heavy atom. The van der Waals surface area contributed by atoms with Gasteiger partial charge in [0.05, 0.1) is 20.0 Å². The smallest absolute Gasteiger partial charge is 0.233 e. The van der Waals surface area contributed by atoms with Gasteiger partial charge in [-0.3, -0.25) is 4.79 Å². The van der Waals surface area contributed by atoms with Crippen LogP contribution in [0.25, 0.3) is 0 Å². The van der Waals surface area contributed by atoms with E-state index in [0.29, 0.717) is 17.3 Å². The SMILES string of the molecule is COc1ccc(C2SCC(=O)N2CCCN(C)C)cc1OC. The number of nitrogens with zero attached hydrogens (tertiary/aromatic N) is 2. The molecule has 5 nitrogen and oxygen atoms in total. The summed E-state index contributed by atoms with van der Waals surface area (Å²) in [6, 6.07) is 5.88. The number of carbonyl (C=O) groups excluding carboxylic acids is 1. The number of thioether (sulfide) groups is 1. The lowest BCUT2D eigenvalue weighted by molar-refractivity contribution is -0.128. The molecule has 22 heavy (non-hydrogen) atoms. The van der Waals surface area contributed by atoms with Crippen LogP contribution in [0.4, 0.5) is 0 Å². The molecule has 122 valence electrons. The van der Waals surface area contributed by atoms with Crippen molar-refractivity contribution in [3.63, 3.8) is 0 Å². The molecule has 6 heteroatoms. The van der Waals surface area contributed by atoms with Gasteiger partial charge in [-0.2, -0.15) is 0 Å². The predicted molar refractivity (Wildman–Crippen MR) is 89.6 cm³/mol. The summed E-state index contributed by atoms with van der Waals surface area (Å²) in [5, 5.41) is 0.0643. The van der Waals surface area contributed by atoms with Crippen LogP contribution in [-0.4, -0.2) is 62.9 Å². The van der Waals surface area contributed by atoms with E-state index in [0.717, 1.165) is 25.1 Å². The third-order valence-electron chi connectivity index (χ3n) is 3.67. The van der Waals surface area contributed by atoms with Gasteiger partial charge in [0, 0.05) is 6.54 Å². The molecule has 1 heterocycles. The zero-order chi connectivity index (χ0) is 16.1. The number of methoxy groups -OCH3 is 2. The normalized spacial score (nSPS) is 18.1. The fourth-order valence-electron chi connectivity index (χ4n) is 2.54. The lowest BCUT2D eigenvalue weighted by Crippen LogP contribution is -2.31. The highest BCUT2D eigenvalue weighted by atomic mass is 32.2. The molecule has 2 rings (SSSR count). The molecule has 1 atom stereocenters. The first-order valence-electron chi connectivity index (χ1n) is 7.34. The number of benzene rings is 1. The largest absolute Gasteiger partial charge is 0.493 e. The maximum Gasteiger partial charge on any atom is 0.233 e. The van der Waals surface area contributed by atoms with E-state index in [-0.39, 0.29) is 11.3 Å². The fraction of sp³-hybridized carbons (Fsp3) is 0.562. The minimum absolute atomic E-state index is 0.0643. The second kappa shape index (κ2) is 7.74. The molecule has 1 saturated heterocycles. The lowest BCUT2D eigenvalue weighted by Gasteiger charge is -2.25. The minimum atomic E-state index is 0.0643. The van der Waals surface area contributed by atoms with Crippen LogP contribution < -0.4 is 9.47 Å². The predicted octanol–water partition coefficient (Wildman–Crippen LogP) is 2.23. The van der Waals surface area contributed by atoms with Gasteiger partial charge >= 0.3 is 0 Å². The summed E-state index contributed by atoms with van der Waals surface area (Å²) >= 11 is 1.67. The molecule has 1 aromatic carbocycles. The van der Waals surface area contributed by atoms with Crippen molar-refractivity contribution in [1.29, 1.82) is 0 Å². The number of hydrogen-bond acceptors (Lipinski definition) is 5. The quantitative estimate of drug-likeness (QED) is 0.769. The molecule has 0 spiro atoms. The molecule has 1 amide bonds. The number of amides is 1. The van der Waals surface area contributed by atoms with Gasteiger partial charge in [0.25, 0.3) is 0 Å². The van der Waals surface area contributed by atoms with Crippen LogP contribution in [0.1, 0.15) is 17.4 Å². The first kappa shape index (κ1) is 17.0. The topological polar surface area (TPSA) is 42.0 Å². The number of carbonyl (C=O) groups is 1. The van der Waals surface area contributed by atoms with Crippen LogP contribution >= 0.6 is 11.8 Å². The van der Waals surface area contributed by atoms with Gasteiger partial charge < -0.3 is 19.3 Å². The Labute approximate surface area is 136 Å². The van der Waals surface area contributed by atoms with E-state index in [2.05, 4.69) is 4.90 Å². The molecule has 0 bridgehead atoms. The van der Waals surface area contributed by atoms with Gasteiger partial charge in [-0.1, -0.05) is 6.07 Å².